The lowest BCUT2D eigenvalue weighted by Crippen LogP contribution is -2.26. The van der Waals surface area contributed by atoms with E-state index in [9.17, 15) is 4.79 Å². The average molecular weight is 280 g/mol. The molecule has 2 aromatic rings. The van der Waals surface area contributed by atoms with Gasteiger partial charge in [0.25, 0.3) is 0 Å². The maximum atomic E-state index is 12.3. The smallest absolute Gasteiger partial charge is 0.234 e. The summed E-state index contributed by atoms with van der Waals surface area (Å²) in [7, 11) is 0. The molecule has 1 aromatic heterocycles. The Morgan fingerprint density at radius 1 is 1.19 bits per heavy atom. The van der Waals surface area contributed by atoms with Gasteiger partial charge in [-0.1, -0.05) is 6.07 Å². The number of benzene rings is 1. The Balaban J connectivity index is 2.06. The van der Waals surface area contributed by atoms with Gasteiger partial charge in [-0.15, -0.1) is 0 Å². The molecule has 5 heteroatoms. The van der Waals surface area contributed by atoms with Crippen LogP contribution in [0.4, 0.5) is 17.1 Å². The fourth-order valence-corrected chi connectivity index (χ4v) is 3.02. The highest BCUT2D eigenvalue weighted by atomic mass is 16.2. The van der Waals surface area contributed by atoms with Gasteiger partial charge in [0.2, 0.25) is 5.91 Å². The Bertz CT molecular complexity index is 753. The second-order valence-electron chi connectivity index (χ2n) is 5.92. The van der Waals surface area contributed by atoms with Crippen molar-refractivity contribution >= 4 is 23.0 Å². The van der Waals surface area contributed by atoms with Crippen molar-refractivity contribution in [1.29, 1.82) is 0 Å². The number of nitrogens with one attached hydrogen (secondary N) is 3. The molecule has 0 saturated heterocycles. The van der Waals surface area contributed by atoms with Crippen molar-refractivity contribution in [1.82, 2.24) is 4.98 Å². The second kappa shape index (κ2) is 3.97. The molecule has 0 saturated carbocycles. The van der Waals surface area contributed by atoms with Crippen LogP contribution in [0.5, 0.6) is 0 Å². The highest BCUT2D eigenvalue weighted by Crippen LogP contribution is 2.50. The normalized spacial score (nSPS) is 17.5. The standard InChI is InChI=1S/C16H16N4O/c1-16(2)9-7-11-14(19-8-18-11)12(13(9)20-15(16)21)10-5-3-4-6-17-10/h3-7,18-19H,8H2,1-2H3,(H,20,21). The summed E-state index contributed by atoms with van der Waals surface area (Å²) in [6.07, 6.45) is 1.77. The third-order valence-corrected chi connectivity index (χ3v) is 4.27. The van der Waals surface area contributed by atoms with Crippen LogP contribution in [-0.4, -0.2) is 17.6 Å². The number of carbonyl (C=O) groups excluding carboxylic acids is 1. The molecule has 1 amide bonds. The van der Waals surface area contributed by atoms with Crippen LogP contribution in [0.25, 0.3) is 11.3 Å². The van der Waals surface area contributed by atoms with E-state index >= 15 is 0 Å². The monoisotopic (exact) mass is 280 g/mol. The van der Waals surface area contributed by atoms with Crippen LogP contribution in [0.3, 0.4) is 0 Å². The third kappa shape index (κ3) is 1.57. The van der Waals surface area contributed by atoms with Gasteiger partial charge in [0.1, 0.15) is 0 Å². The Morgan fingerprint density at radius 3 is 2.81 bits per heavy atom. The summed E-state index contributed by atoms with van der Waals surface area (Å²) < 4.78 is 0. The molecule has 21 heavy (non-hydrogen) atoms. The first-order chi connectivity index (χ1) is 10.1. The molecule has 0 bridgehead atoms. The van der Waals surface area contributed by atoms with Gasteiger partial charge in [-0.05, 0) is 37.6 Å². The maximum Gasteiger partial charge on any atom is 0.234 e. The quantitative estimate of drug-likeness (QED) is 0.751. The molecule has 4 rings (SSSR count). The van der Waals surface area contributed by atoms with Crippen LogP contribution in [0.15, 0.2) is 30.5 Å². The van der Waals surface area contributed by atoms with Gasteiger partial charge in [0, 0.05) is 11.8 Å². The van der Waals surface area contributed by atoms with Crippen molar-refractivity contribution in [3.63, 3.8) is 0 Å². The van der Waals surface area contributed by atoms with Gasteiger partial charge in [-0.25, -0.2) is 0 Å². The lowest BCUT2D eigenvalue weighted by Gasteiger charge is -2.17. The van der Waals surface area contributed by atoms with Crippen LogP contribution in [0.1, 0.15) is 19.4 Å². The highest BCUT2D eigenvalue weighted by Gasteiger charge is 2.41. The summed E-state index contributed by atoms with van der Waals surface area (Å²) in [4.78, 5) is 16.8. The molecular formula is C16H16N4O. The first kappa shape index (κ1) is 12.2. The van der Waals surface area contributed by atoms with Crippen molar-refractivity contribution in [3.8, 4) is 11.3 Å². The lowest BCUT2D eigenvalue weighted by atomic mass is 9.84. The first-order valence-electron chi connectivity index (χ1n) is 7.01. The zero-order valence-electron chi connectivity index (χ0n) is 11.9. The van der Waals surface area contributed by atoms with Gasteiger partial charge in [0.15, 0.2) is 0 Å². The summed E-state index contributed by atoms with van der Waals surface area (Å²) in [5, 5.41) is 9.69. The molecule has 0 aliphatic carbocycles. The topological polar surface area (TPSA) is 66.0 Å². The Labute approximate surface area is 122 Å². The van der Waals surface area contributed by atoms with Crippen molar-refractivity contribution in [2.45, 2.75) is 19.3 Å². The largest absolute Gasteiger partial charge is 0.366 e. The van der Waals surface area contributed by atoms with Crippen LogP contribution in [-0.2, 0) is 10.2 Å². The molecule has 2 aliphatic rings. The van der Waals surface area contributed by atoms with Crippen LogP contribution in [0.2, 0.25) is 0 Å². The van der Waals surface area contributed by atoms with Crippen molar-refractivity contribution in [2.75, 3.05) is 22.6 Å². The summed E-state index contributed by atoms with van der Waals surface area (Å²) in [5.41, 5.74) is 5.22. The fraction of sp³-hybridized carbons (Fsp3) is 0.250. The Kier molecular flexibility index (Phi) is 2.31. The van der Waals surface area contributed by atoms with E-state index in [4.69, 9.17) is 0 Å². The molecule has 0 spiro atoms. The molecule has 0 radical (unpaired) electrons. The van der Waals surface area contributed by atoms with Crippen LogP contribution in [0, 0.1) is 0 Å². The number of nitrogens with zero attached hydrogens (tertiary/aromatic N) is 1. The minimum atomic E-state index is -0.530. The number of fused-ring (bicyclic) bond motifs is 2. The number of hydrogen-bond donors (Lipinski definition) is 3. The molecule has 0 unspecified atom stereocenters. The molecule has 2 aliphatic heterocycles. The van der Waals surface area contributed by atoms with Crippen LogP contribution >= 0.6 is 0 Å². The van der Waals surface area contributed by atoms with Gasteiger partial charge < -0.3 is 16.0 Å². The molecule has 1 aromatic carbocycles. The Hall–Kier alpha value is -2.56. The van der Waals surface area contributed by atoms with Crippen molar-refractivity contribution < 1.29 is 4.79 Å². The molecule has 0 atom stereocenters. The summed E-state index contributed by atoms with van der Waals surface area (Å²) >= 11 is 0. The van der Waals surface area contributed by atoms with Gasteiger partial charge in [-0.2, -0.15) is 0 Å². The molecule has 106 valence electrons. The van der Waals surface area contributed by atoms with E-state index in [1.165, 1.54) is 0 Å². The number of hydrogen-bond acceptors (Lipinski definition) is 4. The minimum Gasteiger partial charge on any atom is -0.366 e. The van der Waals surface area contributed by atoms with E-state index < -0.39 is 5.41 Å². The number of carbonyl (C=O) groups is 1. The maximum absolute atomic E-state index is 12.3. The number of amides is 1. The van der Waals surface area contributed by atoms with E-state index in [1.807, 2.05) is 32.0 Å². The fourth-order valence-electron chi connectivity index (χ4n) is 3.02. The van der Waals surface area contributed by atoms with Crippen LogP contribution < -0.4 is 16.0 Å². The minimum absolute atomic E-state index is 0.0263. The second-order valence-corrected chi connectivity index (χ2v) is 5.92. The number of rotatable bonds is 1. The van der Waals surface area contributed by atoms with E-state index in [2.05, 4.69) is 27.0 Å². The predicted molar refractivity (Wildman–Crippen MR) is 83.4 cm³/mol. The predicted octanol–water partition coefficient (Wildman–Crippen LogP) is 2.77. The van der Waals surface area contributed by atoms with E-state index in [1.54, 1.807) is 6.20 Å². The zero-order chi connectivity index (χ0) is 14.6. The number of anilines is 3. The van der Waals surface area contributed by atoms with Gasteiger partial charge >= 0.3 is 0 Å². The average Bonchev–Trinajstić information content (AvgIpc) is 3.02. The Morgan fingerprint density at radius 2 is 2.05 bits per heavy atom. The van der Waals surface area contributed by atoms with Gasteiger partial charge in [0.05, 0.1) is 34.8 Å². The van der Waals surface area contributed by atoms with E-state index in [0.717, 1.165) is 33.9 Å². The lowest BCUT2D eigenvalue weighted by molar-refractivity contribution is -0.119. The third-order valence-electron chi connectivity index (χ3n) is 4.27. The molecule has 3 heterocycles. The molecule has 5 nitrogen and oxygen atoms in total. The summed E-state index contributed by atoms with van der Waals surface area (Å²) in [6.45, 7) is 4.59. The van der Waals surface area contributed by atoms with Gasteiger partial charge in [-0.3, -0.25) is 9.78 Å². The van der Waals surface area contributed by atoms with Crippen molar-refractivity contribution in [2.24, 2.45) is 0 Å². The number of pyridine rings is 1. The van der Waals surface area contributed by atoms with E-state index in [0.29, 0.717) is 6.67 Å². The van der Waals surface area contributed by atoms with Crippen molar-refractivity contribution in [3.05, 3.63) is 36.0 Å². The SMILES string of the molecule is CC1(C)C(=O)Nc2c1cc1c(c2-c2ccccn2)NCN1. The zero-order valence-corrected chi connectivity index (χ0v) is 11.9. The molecule has 3 N–H and O–H groups in total. The molecule has 0 fully saturated rings. The highest BCUT2D eigenvalue weighted by molar-refractivity contribution is 6.13. The summed E-state index contributed by atoms with van der Waals surface area (Å²) in [5.74, 6) is 0.0263. The summed E-state index contributed by atoms with van der Waals surface area (Å²) in [6, 6.07) is 7.88. The van der Waals surface area contributed by atoms with E-state index in [-0.39, 0.29) is 5.91 Å². The first-order valence-corrected chi connectivity index (χ1v) is 7.01. The molecular weight excluding hydrogens is 264 g/mol. The number of aromatic nitrogens is 1.